The van der Waals surface area contributed by atoms with Crippen LogP contribution in [0, 0.1) is 0 Å². The lowest BCUT2D eigenvalue weighted by atomic mass is 10.2. The predicted octanol–water partition coefficient (Wildman–Crippen LogP) is 4.83. The number of amides is 1. The molecule has 33 heavy (non-hydrogen) atoms. The van der Waals surface area contributed by atoms with Gasteiger partial charge in [-0.05, 0) is 29.1 Å². The van der Waals surface area contributed by atoms with Crippen molar-refractivity contribution in [2.24, 2.45) is 0 Å². The third-order valence-electron chi connectivity index (χ3n) is 4.70. The maximum Gasteiger partial charge on any atom is 0.412 e. The lowest BCUT2D eigenvalue weighted by Gasteiger charge is -2.10. The molecule has 0 saturated heterocycles. The quantitative estimate of drug-likeness (QED) is 0.294. The van der Waals surface area contributed by atoms with E-state index in [1.807, 2.05) is 41.8 Å². The zero-order valence-electron chi connectivity index (χ0n) is 17.7. The van der Waals surface area contributed by atoms with Gasteiger partial charge in [-0.2, -0.15) is 0 Å². The van der Waals surface area contributed by atoms with Crippen LogP contribution in [0.3, 0.4) is 0 Å². The van der Waals surface area contributed by atoms with Crippen LogP contribution in [0.15, 0.2) is 71.1 Å². The van der Waals surface area contributed by atoms with Gasteiger partial charge < -0.3 is 25.6 Å². The van der Waals surface area contributed by atoms with Gasteiger partial charge in [0.1, 0.15) is 18.2 Å². The second-order valence-electron chi connectivity index (χ2n) is 7.05. The first-order valence-corrected chi connectivity index (χ1v) is 12.1. The van der Waals surface area contributed by atoms with E-state index in [1.165, 1.54) is 23.1 Å². The van der Waals surface area contributed by atoms with Crippen molar-refractivity contribution in [3.05, 3.63) is 77.3 Å². The van der Waals surface area contributed by atoms with Crippen LogP contribution in [0.2, 0.25) is 0 Å². The highest BCUT2D eigenvalue weighted by atomic mass is 32.2. The third-order valence-corrected chi connectivity index (χ3v) is 6.81. The van der Waals surface area contributed by atoms with Gasteiger partial charge in [0, 0.05) is 28.1 Å². The van der Waals surface area contributed by atoms with E-state index in [2.05, 4.69) is 28.5 Å². The Morgan fingerprint density at radius 2 is 2.03 bits per heavy atom. The number of aromatic nitrogens is 1. The van der Waals surface area contributed by atoms with E-state index in [0.717, 1.165) is 22.0 Å². The fourth-order valence-electron chi connectivity index (χ4n) is 3.14. The fourth-order valence-corrected chi connectivity index (χ4v) is 5.05. The van der Waals surface area contributed by atoms with Crippen molar-refractivity contribution in [3.63, 3.8) is 0 Å². The van der Waals surface area contributed by atoms with Crippen molar-refractivity contribution in [1.29, 1.82) is 0 Å². The van der Waals surface area contributed by atoms with E-state index in [0.29, 0.717) is 28.3 Å². The summed E-state index contributed by atoms with van der Waals surface area (Å²) in [4.78, 5) is 17.2. The summed E-state index contributed by atoms with van der Waals surface area (Å²) in [7, 11) is 0. The number of thioether (sulfide) groups is 1. The van der Waals surface area contributed by atoms with Crippen LogP contribution >= 0.6 is 23.1 Å². The number of nitrogens with one attached hydrogen (secondary N) is 1. The van der Waals surface area contributed by atoms with Crippen LogP contribution in [0.25, 0.3) is 10.1 Å². The number of nitrogens with two attached hydrogens (primary N) is 1. The van der Waals surface area contributed by atoms with Crippen molar-refractivity contribution in [2.75, 3.05) is 18.9 Å². The minimum atomic E-state index is -0.659. The van der Waals surface area contributed by atoms with Crippen LogP contribution in [-0.2, 0) is 12.4 Å². The molecule has 2 aromatic heterocycles. The van der Waals surface area contributed by atoms with E-state index >= 15 is 0 Å². The van der Waals surface area contributed by atoms with Gasteiger partial charge in [-0.1, -0.05) is 36.4 Å². The average Bonchev–Trinajstić information content (AvgIpc) is 3.28. The van der Waals surface area contributed by atoms with E-state index in [1.54, 1.807) is 11.8 Å². The largest absolute Gasteiger partial charge is 0.489 e. The number of fused-ring (bicyclic) bond motifs is 1. The smallest absolute Gasteiger partial charge is 0.412 e. The average molecular weight is 482 g/mol. The number of carbonyl (C=O) groups is 1. The monoisotopic (exact) mass is 481 g/mol. The first kappa shape index (κ1) is 22.9. The second kappa shape index (κ2) is 11.0. The minimum absolute atomic E-state index is 0.108. The van der Waals surface area contributed by atoms with Gasteiger partial charge >= 0.3 is 6.09 Å². The Morgan fingerprint density at radius 3 is 2.85 bits per heavy atom. The van der Waals surface area contributed by atoms with Crippen LogP contribution in [0.1, 0.15) is 11.1 Å². The minimum Gasteiger partial charge on any atom is -0.489 e. The van der Waals surface area contributed by atoms with E-state index < -0.39 is 6.09 Å². The number of hydrogen-bond acceptors (Lipinski definition) is 8. The molecule has 4 rings (SSSR count). The van der Waals surface area contributed by atoms with E-state index in [4.69, 9.17) is 20.3 Å². The zero-order valence-corrected chi connectivity index (χ0v) is 19.3. The Kier molecular flexibility index (Phi) is 7.66. The van der Waals surface area contributed by atoms with Crippen LogP contribution in [0.4, 0.5) is 10.6 Å². The number of ether oxygens (including phenoxy) is 2. The van der Waals surface area contributed by atoms with Crippen molar-refractivity contribution in [1.82, 2.24) is 10.3 Å². The van der Waals surface area contributed by atoms with Gasteiger partial charge in [0.05, 0.1) is 17.5 Å². The summed E-state index contributed by atoms with van der Waals surface area (Å²) in [6.07, 6.45) is 0.762. The molecule has 0 aliphatic heterocycles. The first-order valence-electron chi connectivity index (χ1n) is 10.2. The molecule has 0 aliphatic rings. The molecule has 0 spiro atoms. The molecule has 9 heteroatoms. The molecule has 2 heterocycles. The molecule has 1 amide bonds. The lowest BCUT2D eigenvalue weighted by Crippen LogP contribution is -2.29. The van der Waals surface area contributed by atoms with Gasteiger partial charge in [0.25, 0.3) is 0 Å². The Labute approximate surface area is 199 Å². The number of aliphatic hydroxyl groups excluding tert-OH is 1. The van der Waals surface area contributed by atoms with Crippen LogP contribution in [0.5, 0.6) is 11.5 Å². The molecule has 0 radical (unpaired) electrons. The fraction of sp³-hybridized carbons (Fsp3) is 0.167. The van der Waals surface area contributed by atoms with Gasteiger partial charge in [-0.25, -0.2) is 9.78 Å². The number of aliphatic hydroxyl groups is 1. The maximum atomic E-state index is 11.9. The highest BCUT2D eigenvalue weighted by Gasteiger charge is 2.16. The second-order valence-corrected chi connectivity index (χ2v) is 8.98. The molecule has 2 aromatic carbocycles. The van der Waals surface area contributed by atoms with Crippen molar-refractivity contribution < 1.29 is 19.4 Å². The normalized spacial score (nSPS) is 10.8. The van der Waals surface area contributed by atoms with Crippen molar-refractivity contribution in [3.8, 4) is 11.5 Å². The molecule has 4 N–H and O–H groups in total. The molecule has 0 aliphatic carbocycles. The summed E-state index contributed by atoms with van der Waals surface area (Å²) in [5.74, 6) is 2.30. The van der Waals surface area contributed by atoms with Crippen molar-refractivity contribution in [2.45, 2.75) is 17.3 Å². The van der Waals surface area contributed by atoms with Gasteiger partial charge in [-0.15, -0.1) is 23.1 Å². The number of carbonyl (C=O) groups excluding carboxylic acids is 1. The molecule has 7 nitrogen and oxygen atoms in total. The molecule has 0 atom stereocenters. The molecule has 0 saturated carbocycles. The van der Waals surface area contributed by atoms with E-state index in [-0.39, 0.29) is 13.2 Å². The molecular weight excluding hydrogens is 458 g/mol. The maximum absolute atomic E-state index is 11.9. The third kappa shape index (κ3) is 5.95. The number of nitrogens with zero attached hydrogens (tertiary/aromatic N) is 1. The number of anilines is 1. The van der Waals surface area contributed by atoms with E-state index in [9.17, 15) is 4.79 Å². The number of nitrogen functional groups attached to an aromatic ring is 1. The summed E-state index contributed by atoms with van der Waals surface area (Å²) < 4.78 is 12.1. The molecule has 0 unspecified atom stereocenters. The van der Waals surface area contributed by atoms with Crippen LogP contribution in [-0.4, -0.2) is 29.3 Å². The lowest BCUT2D eigenvalue weighted by molar-refractivity contribution is 0.196. The summed E-state index contributed by atoms with van der Waals surface area (Å²) in [6.45, 7) is 0.242. The predicted molar refractivity (Wildman–Crippen MR) is 132 cm³/mol. The molecule has 0 bridgehead atoms. The highest BCUT2D eigenvalue weighted by Crippen LogP contribution is 2.37. The highest BCUT2D eigenvalue weighted by molar-refractivity contribution is 7.98. The summed E-state index contributed by atoms with van der Waals surface area (Å²) in [5.41, 5.74) is 8.25. The van der Waals surface area contributed by atoms with Gasteiger partial charge in [0.2, 0.25) is 0 Å². The molecule has 170 valence electrons. The number of benzene rings is 2. The van der Waals surface area contributed by atoms with Gasteiger partial charge in [0.15, 0.2) is 5.75 Å². The SMILES string of the molecule is Nc1ncc(OC(=O)NCCO)c2scc(COc3cccc(SCc4ccccc4)c3)c12. The Balaban J connectivity index is 1.44. The van der Waals surface area contributed by atoms with Gasteiger partial charge in [-0.3, -0.25) is 0 Å². The molecular formula is C24H23N3O4S2. The summed E-state index contributed by atoms with van der Waals surface area (Å²) in [5, 5.41) is 13.9. The number of rotatable bonds is 9. The summed E-state index contributed by atoms with van der Waals surface area (Å²) >= 11 is 3.16. The Bertz CT molecular complexity index is 1230. The first-order chi connectivity index (χ1) is 16.1. The van der Waals surface area contributed by atoms with Crippen molar-refractivity contribution >= 4 is 45.1 Å². The zero-order chi connectivity index (χ0) is 23.0. The number of pyridine rings is 1. The van der Waals surface area contributed by atoms with Crippen LogP contribution < -0.4 is 20.5 Å². The standard InChI is InChI=1S/C24H23N3O4S2/c25-23-21-17(15-33-22(21)20(12-27-23)31-24(29)26-9-10-28)13-30-18-7-4-8-19(11-18)32-14-16-5-2-1-3-6-16/h1-8,11-12,15,28H,9-10,13-14H2,(H2,25,27)(H,26,29). The summed E-state index contributed by atoms with van der Waals surface area (Å²) in [6, 6.07) is 18.3. The molecule has 4 aromatic rings. The molecule has 0 fully saturated rings. The Hall–Kier alpha value is -3.27. The number of hydrogen-bond donors (Lipinski definition) is 3. The number of thiophene rings is 1. The Morgan fingerprint density at radius 1 is 1.18 bits per heavy atom. The topological polar surface area (TPSA) is 107 Å².